The fourth-order valence-electron chi connectivity index (χ4n) is 6.86. The predicted octanol–water partition coefficient (Wildman–Crippen LogP) is 7.60. The van der Waals surface area contributed by atoms with Gasteiger partial charge in [-0.3, -0.25) is 4.79 Å². The molecule has 0 aliphatic carbocycles. The van der Waals surface area contributed by atoms with E-state index < -0.39 is 35.3 Å². The highest BCUT2D eigenvalue weighted by Gasteiger charge is 2.43. The number of benzene rings is 3. The number of piperidine rings is 1. The smallest absolute Gasteiger partial charge is 0.410 e. The third kappa shape index (κ3) is 10.3. The molecule has 3 aromatic carbocycles. The van der Waals surface area contributed by atoms with E-state index in [9.17, 15) is 24.3 Å². The highest BCUT2D eigenvalue weighted by Crippen LogP contribution is 2.46. The van der Waals surface area contributed by atoms with Crippen LogP contribution in [0.1, 0.15) is 90.8 Å². The van der Waals surface area contributed by atoms with Crippen molar-refractivity contribution in [1.82, 2.24) is 15.1 Å². The molecule has 3 aromatic rings. The fourth-order valence-corrected chi connectivity index (χ4v) is 7.14. The summed E-state index contributed by atoms with van der Waals surface area (Å²) in [6.07, 6.45) is 1.64. The zero-order chi connectivity index (χ0) is 38.9. The molecule has 0 saturated carbocycles. The number of halogens is 1. The van der Waals surface area contributed by atoms with E-state index in [4.69, 9.17) is 25.8 Å². The van der Waals surface area contributed by atoms with E-state index in [-0.39, 0.29) is 43.1 Å². The summed E-state index contributed by atoms with van der Waals surface area (Å²) in [7, 11) is 4.14. The number of alkyl carbamates (subject to hydrolysis) is 1. The number of amides is 3. The second-order valence-corrected chi connectivity index (χ2v) is 14.9. The number of nitrogens with zero attached hydrogens (tertiary/aromatic N) is 2. The number of hydrogen-bond acceptors (Lipinski definition) is 8. The molecule has 3 amide bonds. The summed E-state index contributed by atoms with van der Waals surface area (Å²) in [6.45, 7) is 8.44. The number of rotatable bonds is 12. The van der Waals surface area contributed by atoms with Crippen LogP contribution < -0.4 is 5.32 Å². The summed E-state index contributed by atoms with van der Waals surface area (Å²) in [6, 6.07) is 18.4. The van der Waals surface area contributed by atoms with Gasteiger partial charge in [0, 0.05) is 49.7 Å². The summed E-state index contributed by atoms with van der Waals surface area (Å²) in [5, 5.41) is 16.1. The monoisotopic (exact) mass is 749 g/mol. The number of hydrogen-bond donors (Lipinski definition) is 2. The van der Waals surface area contributed by atoms with E-state index in [1.54, 1.807) is 57.0 Å². The summed E-state index contributed by atoms with van der Waals surface area (Å²) in [4.78, 5) is 54.9. The van der Waals surface area contributed by atoms with Gasteiger partial charge in [-0.15, -0.1) is 0 Å². The third-order valence-electron chi connectivity index (χ3n) is 9.52. The van der Waals surface area contributed by atoms with Crippen molar-refractivity contribution >= 4 is 35.7 Å². The van der Waals surface area contributed by atoms with Crippen molar-refractivity contribution in [3.63, 3.8) is 0 Å². The Morgan fingerprint density at radius 1 is 0.981 bits per heavy atom. The molecule has 2 unspecified atom stereocenters. The molecule has 286 valence electrons. The number of aliphatic hydroxyl groups is 1. The van der Waals surface area contributed by atoms with Gasteiger partial charge in [-0.1, -0.05) is 61.0 Å². The van der Waals surface area contributed by atoms with Crippen molar-refractivity contribution in [2.45, 2.75) is 77.5 Å². The molecule has 11 nitrogen and oxygen atoms in total. The first-order valence-corrected chi connectivity index (χ1v) is 18.4. The van der Waals surface area contributed by atoms with Crippen molar-refractivity contribution < 1.29 is 38.5 Å². The number of likely N-dealkylation sites (tertiary alicyclic amines) is 1. The minimum absolute atomic E-state index is 0.0757. The zero-order valence-corrected chi connectivity index (χ0v) is 32.5. The maximum absolute atomic E-state index is 14.3. The zero-order valence-electron chi connectivity index (χ0n) is 31.8. The van der Waals surface area contributed by atoms with Crippen LogP contribution in [0.4, 0.5) is 9.59 Å². The van der Waals surface area contributed by atoms with E-state index in [0.29, 0.717) is 42.0 Å². The van der Waals surface area contributed by atoms with Crippen molar-refractivity contribution in [2.24, 2.45) is 5.92 Å². The molecular weight excluding hydrogens is 698 g/mol. The second kappa shape index (κ2) is 17.9. The van der Waals surface area contributed by atoms with Gasteiger partial charge in [-0.05, 0) is 93.3 Å². The molecule has 1 aliphatic heterocycles. The molecule has 0 spiro atoms. The first kappa shape index (κ1) is 41.2. The molecule has 2 atom stereocenters. The molecule has 0 bridgehead atoms. The molecule has 1 fully saturated rings. The number of ether oxygens (including phenoxy) is 3. The van der Waals surface area contributed by atoms with Crippen LogP contribution in [0.3, 0.4) is 0 Å². The van der Waals surface area contributed by atoms with Crippen LogP contribution in [0.15, 0.2) is 60.7 Å². The number of methoxy groups -OCH3 is 2. The van der Waals surface area contributed by atoms with Gasteiger partial charge >= 0.3 is 18.2 Å². The lowest BCUT2D eigenvalue weighted by Gasteiger charge is -2.44. The van der Waals surface area contributed by atoms with E-state index >= 15 is 0 Å². The Bertz CT molecular complexity index is 1790. The Kier molecular flexibility index (Phi) is 13.9. The first-order valence-electron chi connectivity index (χ1n) is 18.0. The van der Waals surface area contributed by atoms with Crippen LogP contribution in [0.5, 0.6) is 0 Å². The predicted molar refractivity (Wildman–Crippen MR) is 204 cm³/mol. The van der Waals surface area contributed by atoms with Gasteiger partial charge in [0.2, 0.25) is 0 Å². The maximum atomic E-state index is 14.3. The number of nitrogens with one attached hydrogen (secondary N) is 1. The molecule has 12 heteroatoms. The second-order valence-electron chi connectivity index (χ2n) is 14.5. The molecule has 1 heterocycles. The normalized spacial score (nSPS) is 15.6. The average Bonchev–Trinajstić information content (AvgIpc) is 3.14. The first-order chi connectivity index (χ1) is 25.1. The minimum atomic E-state index is -1.46. The quantitative estimate of drug-likeness (QED) is 0.110. The Labute approximate surface area is 317 Å². The van der Waals surface area contributed by atoms with Gasteiger partial charge in [-0.25, -0.2) is 14.4 Å². The number of aryl methyl sites for hydroxylation is 1. The standard InChI is InChI=1S/C41H52ClN3O8/c1-8-27-13-9-14-29(23-27)35-33(16-10-17-34(35)42)41(50,20-12-21-43-38(48)52-7)30-15-11-22-45(26-30)36(46)31-19-18-28(24-32(31)37(47)51-6)25-44(5)39(49)53-40(2,3)4/h9-10,13-14,16-19,23-24,30,50H,8,11-12,15,20-22,25-26H2,1-7H3,(H,43,48). The molecule has 2 N–H and O–H groups in total. The Hall–Kier alpha value is -4.61. The Morgan fingerprint density at radius 2 is 1.72 bits per heavy atom. The molecule has 1 saturated heterocycles. The fraction of sp³-hybridized carbons (Fsp3) is 0.463. The highest BCUT2D eigenvalue weighted by atomic mass is 35.5. The van der Waals surface area contributed by atoms with Crippen molar-refractivity contribution in [3.05, 3.63) is 93.5 Å². The van der Waals surface area contributed by atoms with Gasteiger partial charge in [0.25, 0.3) is 5.91 Å². The number of carbonyl (C=O) groups excluding carboxylic acids is 4. The molecular formula is C41H52ClN3O8. The molecule has 0 radical (unpaired) electrons. The largest absolute Gasteiger partial charge is 0.465 e. The topological polar surface area (TPSA) is 135 Å². The molecule has 53 heavy (non-hydrogen) atoms. The number of carbonyl (C=O) groups is 4. The third-order valence-corrected chi connectivity index (χ3v) is 9.84. The molecule has 1 aliphatic rings. The van der Waals surface area contributed by atoms with Crippen LogP contribution in [0, 0.1) is 5.92 Å². The summed E-state index contributed by atoms with van der Waals surface area (Å²) < 4.78 is 15.3. The van der Waals surface area contributed by atoms with Crippen molar-refractivity contribution in [3.8, 4) is 11.1 Å². The Morgan fingerprint density at radius 3 is 2.40 bits per heavy atom. The van der Waals surface area contributed by atoms with Crippen LogP contribution in [-0.4, -0.2) is 85.5 Å². The minimum Gasteiger partial charge on any atom is -0.465 e. The van der Waals surface area contributed by atoms with Gasteiger partial charge in [0.1, 0.15) is 5.60 Å². The van der Waals surface area contributed by atoms with Crippen molar-refractivity contribution in [1.29, 1.82) is 0 Å². The maximum Gasteiger partial charge on any atom is 0.410 e. The van der Waals surface area contributed by atoms with Gasteiger partial charge in [0.05, 0.1) is 30.9 Å². The van der Waals surface area contributed by atoms with Gasteiger partial charge in [-0.2, -0.15) is 0 Å². The van der Waals surface area contributed by atoms with E-state index in [2.05, 4.69) is 18.3 Å². The Balaban J connectivity index is 1.69. The summed E-state index contributed by atoms with van der Waals surface area (Å²) in [5.74, 6) is -1.48. The van der Waals surface area contributed by atoms with Crippen molar-refractivity contribution in [2.75, 3.05) is 40.9 Å². The summed E-state index contributed by atoms with van der Waals surface area (Å²) in [5.41, 5.74) is 2.07. The number of esters is 1. The lowest BCUT2D eigenvalue weighted by atomic mass is 9.72. The highest BCUT2D eigenvalue weighted by molar-refractivity contribution is 6.33. The van der Waals surface area contributed by atoms with Crippen LogP contribution >= 0.6 is 11.6 Å². The SMILES string of the molecule is CCc1cccc(-c2c(Cl)cccc2C(O)(CCCNC(=O)OC)C2CCCN(C(=O)c3ccc(CN(C)C(=O)OC(C)(C)C)cc3C(=O)OC)C2)c1. The van der Waals surface area contributed by atoms with Crippen LogP contribution in [-0.2, 0) is 32.8 Å². The van der Waals surface area contributed by atoms with E-state index in [1.807, 2.05) is 30.3 Å². The molecule has 4 rings (SSSR count). The van der Waals surface area contributed by atoms with Gasteiger partial charge in [0.15, 0.2) is 0 Å². The molecule has 0 aromatic heterocycles. The van der Waals surface area contributed by atoms with Crippen LogP contribution in [0.2, 0.25) is 5.02 Å². The van der Waals surface area contributed by atoms with E-state index in [1.165, 1.54) is 19.1 Å². The van der Waals surface area contributed by atoms with Crippen LogP contribution in [0.25, 0.3) is 11.1 Å². The van der Waals surface area contributed by atoms with Gasteiger partial charge < -0.3 is 34.4 Å². The lowest BCUT2D eigenvalue weighted by molar-refractivity contribution is -0.0563. The average molecular weight is 750 g/mol. The van der Waals surface area contributed by atoms with E-state index in [0.717, 1.165) is 23.1 Å². The summed E-state index contributed by atoms with van der Waals surface area (Å²) >= 11 is 6.91. The lowest BCUT2D eigenvalue weighted by Crippen LogP contribution is -2.48.